The van der Waals surface area contributed by atoms with Gasteiger partial charge in [-0.3, -0.25) is 0 Å². The molecule has 1 aliphatic carbocycles. The summed E-state index contributed by atoms with van der Waals surface area (Å²) in [5.74, 6) is 0. The first-order valence-corrected chi connectivity index (χ1v) is 11.1. The largest absolute Gasteiger partial charge is 0.328 e. The fourth-order valence-corrected chi connectivity index (χ4v) is 3.95. The van der Waals surface area contributed by atoms with E-state index in [0.717, 1.165) is 0 Å². The molecule has 0 radical (unpaired) electrons. The molecule has 4 rings (SSSR count). The summed E-state index contributed by atoms with van der Waals surface area (Å²) in [5.41, 5.74) is 6.92. The van der Waals surface area contributed by atoms with Crippen molar-refractivity contribution in [1.82, 2.24) is 0 Å². The van der Waals surface area contributed by atoms with Crippen LogP contribution in [0.15, 0.2) is 66.7 Å². The van der Waals surface area contributed by atoms with Crippen LogP contribution in [0.2, 0.25) is 0 Å². The highest BCUT2D eigenvalue weighted by Crippen LogP contribution is 2.29. The maximum atomic E-state index is 8.49. The minimum absolute atomic E-state index is 0.536. The molecule has 0 spiro atoms. The highest BCUT2D eigenvalue weighted by molar-refractivity contribution is 7.21. The summed E-state index contributed by atoms with van der Waals surface area (Å²) in [4.78, 5) is 1.32. The van der Waals surface area contributed by atoms with Crippen molar-refractivity contribution in [3.05, 3.63) is 66.7 Å². The minimum Gasteiger partial charge on any atom is -0.328 e. The van der Waals surface area contributed by atoms with Gasteiger partial charge >= 0.3 is 0 Å². The zero-order chi connectivity index (χ0) is 20.4. The molecule has 1 aliphatic rings. The maximum absolute atomic E-state index is 8.49. The first-order valence-electron chi connectivity index (χ1n) is 9.07. The quantitative estimate of drug-likeness (QED) is 0.595. The third-order valence-corrected chi connectivity index (χ3v) is 5.44. The van der Waals surface area contributed by atoms with Crippen LogP contribution in [0, 0.1) is 10.2 Å². The lowest BCUT2D eigenvalue weighted by Crippen LogP contribution is -2.68. The Bertz CT molecular complexity index is 830. The van der Waals surface area contributed by atoms with Crippen LogP contribution in [0.1, 0.15) is 32.1 Å². The third kappa shape index (κ3) is 9.03. The van der Waals surface area contributed by atoms with Gasteiger partial charge in [0.2, 0.25) is 20.9 Å². The van der Waals surface area contributed by atoms with Gasteiger partial charge in [0.05, 0.1) is 0 Å². The van der Waals surface area contributed by atoms with Gasteiger partial charge in [0, 0.05) is 29.1 Å². The van der Waals surface area contributed by atoms with Crippen molar-refractivity contribution < 1.29 is 28.9 Å². The van der Waals surface area contributed by atoms with E-state index < -0.39 is 10.2 Å². The van der Waals surface area contributed by atoms with Crippen molar-refractivity contribution >= 4 is 21.4 Å². The average Bonchev–Trinajstić information content (AvgIpc) is 2.68. The average molecular weight is 422 g/mol. The standard InChI is InChI=1S/C15H11S.C6H13N.ClHO4/c1-2-6-12(7-3-1)15-11-10-13-8-4-5-9-14(13)16-15;7-6-4-2-1-3-5-6;2-1(3,4)5/h1-11H;6H,1-5,7H2;(H,2,3,4,5)/q+1;;/p-1. The van der Waals surface area contributed by atoms with Crippen molar-refractivity contribution in [2.24, 2.45) is 5.73 Å². The number of hydrogen-bond acceptors (Lipinski definition) is 5. The number of nitrogens with two attached hydrogens (primary N) is 1. The molecule has 0 bridgehead atoms. The molecule has 0 unspecified atom stereocenters. The molecule has 1 fully saturated rings. The lowest BCUT2D eigenvalue weighted by atomic mass is 9.97. The van der Waals surface area contributed by atoms with E-state index in [1.807, 2.05) is 11.3 Å². The summed E-state index contributed by atoms with van der Waals surface area (Å²) in [6.45, 7) is 0. The van der Waals surface area contributed by atoms with Crippen LogP contribution in [0.25, 0.3) is 20.5 Å². The molecule has 0 saturated heterocycles. The first kappa shape index (κ1) is 22.6. The summed E-state index contributed by atoms with van der Waals surface area (Å²) < 4.78 is 35.3. The number of rotatable bonds is 1. The van der Waals surface area contributed by atoms with E-state index in [4.69, 9.17) is 24.4 Å². The summed E-state index contributed by atoms with van der Waals surface area (Å²) in [7, 11) is -4.94. The van der Waals surface area contributed by atoms with Crippen molar-refractivity contribution in [2.45, 2.75) is 38.1 Å². The molecule has 7 heteroatoms. The molecular formula is C21H24ClNO4S. The fraction of sp³-hybridized carbons (Fsp3) is 0.286. The normalized spacial score (nSPS) is 14.5. The van der Waals surface area contributed by atoms with Crippen LogP contribution in [-0.2, 0) is 0 Å². The number of benzene rings is 2. The van der Waals surface area contributed by atoms with E-state index >= 15 is 0 Å². The molecule has 2 aromatic carbocycles. The molecule has 1 aromatic heterocycles. The van der Waals surface area contributed by atoms with Crippen LogP contribution in [0.3, 0.4) is 0 Å². The Hall–Kier alpha value is -1.64. The summed E-state index contributed by atoms with van der Waals surface area (Å²) in [6.07, 6.45) is 6.66. The molecule has 1 heterocycles. The summed E-state index contributed by atoms with van der Waals surface area (Å²) in [5, 5.41) is 1.31. The number of hydrogen-bond donors (Lipinski definition) is 1. The van der Waals surface area contributed by atoms with Crippen molar-refractivity contribution in [3.63, 3.8) is 0 Å². The Balaban J connectivity index is 0.000000194. The van der Waals surface area contributed by atoms with Crippen LogP contribution < -0.4 is 24.4 Å². The number of fused-ring (bicyclic) bond motifs is 1. The maximum Gasteiger partial charge on any atom is 0.238 e. The molecule has 0 amide bonds. The van der Waals surface area contributed by atoms with Gasteiger partial charge in [-0.05, 0) is 37.1 Å². The first-order chi connectivity index (χ1) is 13.3. The molecule has 0 aliphatic heterocycles. The third-order valence-electron chi connectivity index (χ3n) is 4.26. The molecule has 150 valence electrons. The second-order valence-corrected chi connectivity index (χ2v) is 8.32. The predicted molar refractivity (Wildman–Crippen MR) is 103 cm³/mol. The van der Waals surface area contributed by atoms with E-state index in [-0.39, 0.29) is 0 Å². The fourth-order valence-electron chi connectivity index (χ4n) is 2.92. The Morgan fingerprint density at radius 2 is 1.32 bits per heavy atom. The van der Waals surface area contributed by atoms with E-state index in [2.05, 4.69) is 66.7 Å². The molecule has 28 heavy (non-hydrogen) atoms. The van der Waals surface area contributed by atoms with Gasteiger partial charge in [0.1, 0.15) is 0 Å². The van der Waals surface area contributed by atoms with Gasteiger partial charge in [0.25, 0.3) is 0 Å². The topological polar surface area (TPSA) is 118 Å². The zero-order valence-corrected chi connectivity index (χ0v) is 17.0. The molecule has 3 aromatic rings. The second kappa shape index (κ2) is 11.4. The minimum atomic E-state index is -4.94. The summed E-state index contributed by atoms with van der Waals surface area (Å²) >= 11 is 1.84. The molecule has 5 nitrogen and oxygen atoms in total. The van der Waals surface area contributed by atoms with E-state index in [1.54, 1.807) is 0 Å². The second-order valence-electron chi connectivity index (χ2n) is 6.48. The zero-order valence-electron chi connectivity index (χ0n) is 15.5. The van der Waals surface area contributed by atoms with Gasteiger partial charge < -0.3 is 5.73 Å². The van der Waals surface area contributed by atoms with Crippen LogP contribution >= 0.6 is 11.3 Å². The monoisotopic (exact) mass is 421 g/mol. The van der Waals surface area contributed by atoms with Crippen molar-refractivity contribution in [3.8, 4) is 10.4 Å². The molecule has 2 N–H and O–H groups in total. The Labute approximate surface area is 171 Å². The highest BCUT2D eigenvalue weighted by atomic mass is 35.7. The highest BCUT2D eigenvalue weighted by Gasteiger charge is 2.11. The Morgan fingerprint density at radius 1 is 0.750 bits per heavy atom. The van der Waals surface area contributed by atoms with Gasteiger partial charge in [0.15, 0.2) is 0 Å². The lowest BCUT2D eigenvalue weighted by Gasteiger charge is -2.17. The Kier molecular flexibility index (Phi) is 9.21. The SMILES string of the molecule is NC1CCCCC1.[O-][Cl+3]([O-])([O-])[O-].c1ccc(-c2ccc3ccccc3[s+]2)cc1. The van der Waals surface area contributed by atoms with E-state index in [1.165, 1.54) is 52.6 Å². The Morgan fingerprint density at radius 3 is 1.89 bits per heavy atom. The molecule has 0 atom stereocenters. The van der Waals surface area contributed by atoms with Crippen LogP contribution in [-0.4, -0.2) is 6.04 Å². The van der Waals surface area contributed by atoms with Gasteiger partial charge in [-0.2, -0.15) is 0 Å². The summed E-state index contributed by atoms with van der Waals surface area (Å²) in [6, 6.07) is 23.9. The van der Waals surface area contributed by atoms with E-state index in [0.29, 0.717) is 6.04 Å². The predicted octanol–water partition coefficient (Wildman–Crippen LogP) is 1.37. The van der Waals surface area contributed by atoms with Crippen molar-refractivity contribution in [2.75, 3.05) is 0 Å². The van der Waals surface area contributed by atoms with E-state index in [9.17, 15) is 0 Å². The molecule has 1 saturated carbocycles. The van der Waals surface area contributed by atoms with Gasteiger partial charge in [-0.1, -0.05) is 49.6 Å². The van der Waals surface area contributed by atoms with Gasteiger partial charge in [-0.25, -0.2) is 18.6 Å². The smallest absolute Gasteiger partial charge is 0.238 e. The van der Waals surface area contributed by atoms with Crippen molar-refractivity contribution in [1.29, 1.82) is 0 Å². The molecular weight excluding hydrogens is 398 g/mol. The number of halogens is 1. The van der Waals surface area contributed by atoms with Crippen LogP contribution in [0.5, 0.6) is 0 Å². The van der Waals surface area contributed by atoms with Gasteiger partial charge in [-0.15, -0.1) is 10.2 Å². The lowest BCUT2D eigenvalue weighted by molar-refractivity contribution is -2.00. The van der Waals surface area contributed by atoms with Crippen LogP contribution in [0.4, 0.5) is 0 Å².